The lowest BCUT2D eigenvalue weighted by molar-refractivity contribution is -0.167. The van der Waals surface area contributed by atoms with Crippen molar-refractivity contribution < 1.29 is 38.2 Å². The Hall–Kier alpha value is -3.03. The number of ketones is 1. The molecule has 4 atom stereocenters. The van der Waals surface area contributed by atoms with Gasteiger partial charge in [0.25, 0.3) is 0 Å². The number of benzene rings is 1. The van der Waals surface area contributed by atoms with Crippen LogP contribution in [0.25, 0.3) is 0 Å². The van der Waals surface area contributed by atoms with Gasteiger partial charge in [0.05, 0.1) is 25.7 Å². The second-order valence-electron chi connectivity index (χ2n) is 7.41. The molecule has 31 heavy (non-hydrogen) atoms. The monoisotopic (exact) mass is 432 g/mol. The lowest BCUT2D eigenvalue weighted by Crippen LogP contribution is -2.42. The SMILES string of the molecule is CCOC(=O)C(C(=O)OCC)[C@@H]1C(=O)[C@@H](C(=O)OCC)[C@](C)(c2ccccc2)[C@H]1C=O. The van der Waals surface area contributed by atoms with E-state index >= 15 is 0 Å². The lowest BCUT2D eigenvalue weighted by Gasteiger charge is -2.34. The maximum atomic E-state index is 13.6. The largest absolute Gasteiger partial charge is 0.465 e. The second kappa shape index (κ2) is 10.3. The molecule has 8 heteroatoms. The molecule has 2 rings (SSSR count). The third-order valence-corrected chi connectivity index (χ3v) is 5.80. The molecule has 0 amide bonds. The molecule has 1 aliphatic carbocycles. The first-order chi connectivity index (χ1) is 14.8. The van der Waals surface area contributed by atoms with Crippen LogP contribution in [-0.2, 0) is 43.6 Å². The van der Waals surface area contributed by atoms with E-state index in [9.17, 15) is 24.0 Å². The van der Waals surface area contributed by atoms with Gasteiger partial charge in [-0.15, -0.1) is 0 Å². The van der Waals surface area contributed by atoms with Crippen LogP contribution in [0.15, 0.2) is 30.3 Å². The van der Waals surface area contributed by atoms with Gasteiger partial charge in [0.15, 0.2) is 11.7 Å². The number of hydrogen-bond acceptors (Lipinski definition) is 8. The predicted octanol–water partition coefficient (Wildman–Crippen LogP) is 1.88. The van der Waals surface area contributed by atoms with Crippen molar-refractivity contribution in [3.8, 4) is 0 Å². The summed E-state index contributed by atoms with van der Waals surface area (Å²) in [6, 6.07) is 8.59. The van der Waals surface area contributed by atoms with Crippen LogP contribution in [0, 0.1) is 23.7 Å². The molecule has 1 aromatic rings. The van der Waals surface area contributed by atoms with Gasteiger partial charge < -0.3 is 19.0 Å². The summed E-state index contributed by atoms with van der Waals surface area (Å²) < 4.78 is 15.2. The van der Waals surface area contributed by atoms with Gasteiger partial charge in [-0.2, -0.15) is 0 Å². The third-order valence-electron chi connectivity index (χ3n) is 5.80. The number of hydrogen-bond donors (Lipinski definition) is 0. The quantitative estimate of drug-likeness (QED) is 0.252. The molecule has 0 N–H and O–H groups in total. The molecule has 0 saturated heterocycles. The summed E-state index contributed by atoms with van der Waals surface area (Å²) in [5.41, 5.74) is -0.777. The molecule has 1 aliphatic rings. The molecule has 0 bridgehead atoms. The molecular weight excluding hydrogens is 404 g/mol. The molecule has 0 radical (unpaired) electrons. The van der Waals surface area contributed by atoms with Crippen LogP contribution in [0.3, 0.4) is 0 Å². The maximum Gasteiger partial charge on any atom is 0.321 e. The Morgan fingerprint density at radius 2 is 1.48 bits per heavy atom. The first-order valence-corrected chi connectivity index (χ1v) is 10.3. The molecule has 1 saturated carbocycles. The first-order valence-electron chi connectivity index (χ1n) is 10.3. The number of aldehydes is 1. The third kappa shape index (κ3) is 4.38. The summed E-state index contributed by atoms with van der Waals surface area (Å²) in [4.78, 5) is 64.2. The highest BCUT2D eigenvalue weighted by atomic mass is 16.6. The van der Waals surface area contributed by atoms with Gasteiger partial charge >= 0.3 is 17.9 Å². The highest BCUT2D eigenvalue weighted by Crippen LogP contribution is 2.52. The molecule has 1 aromatic carbocycles. The molecule has 0 unspecified atom stereocenters. The summed E-state index contributed by atoms with van der Waals surface area (Å²) in [7, 11) is 0. The van der Waals surface area contributed by atoms with Crippen molar-refractivity contribution in [1.82, 2.24) is 0 Å². The molecule has 8 nitrogen and oxygen atoms in total. The summed E-state index contributed by atoms with van der Waals surface area (Å²) in [5.74, 6) is -9.07. The van der Waals surface area contributed by atoms with Crippen LogP contribution in [0.4, 0.5) is 0 Å². The predicted molar refractivity (Wildman–Crippen MR) is 109 cm³/mol. The van der Waals surface area contributed by atoms with Gasteiger partial charge in [-0.25, -0.2) is 0 Å². The summed E-state index contributed by atoms with van der Waals surface area (Å²) in [5, 5.41) is 0. The standard InChI is InChI=1S/C23H28O8/c1-5-29-20(26)17(21(27)30-6-2)16-15(13-24)23(4,14-11-9-8-10-12-14)18(19(16)25)22(28)31-7-3/h8-13,15-18H,5-7H2,1-4H3/t15-,16+,18-,23+/m0/s1. The highest BCUT2D eigenvalue weighted by Gasteiger charge is 2.65. The molecular formula is C23H28O8. The minimum atomic E-state index is -1.66. The van der Waals surface area contributed by atoms with Crippen molar-refractivity contribution >= 4 is 30.0 Å². The van der Waals surface area contributed by atoms with Gasteiger partial charge in [0, 0.05) is 11.3 Å². The number of ether oxygens (including phenoxy) is 3. The second-order valence-corrected chi connectivity index (χ2v) is 7.41. The summed E-state index contributed by atoms with van der Waals surface area (Å²) in [6.45, 7) is 6.30. The van der Waals surface area contributed by atoms with Crippen LogP contribution in [0.1, 0.15) is 33.3 Å². The van der Waals surface area contributed by atoms with Crippen LogP contribution in [0.5, 0.6) is 0 Å². The lowest BCUT2D eigenvalue weighted by atomic mass is 9.67. The summed E-state index contributed by atoms with van der Waals surface area (Å²) >= 11 is 0. The zero-order valence-corrected chi connectivity index (χ0v) is 18.2. The van der Waals surface area contributed by atoms with E-state index in [0.29, 0.717) is 11.8 Å². The van der Waals surface area contributed by atoms with Gasteiger partial charge in [0.2, 0.25) is 0 Å². The van der Waals surface area contributed by atoms with E-state index < -0.39 is 52.8 Å². The fraction of sp³-hybridized carbons (Fsp3) is 0.522. The van der Waals surface area contributed by atoms with Crippen LogP contribution in [-0.4, -0.2) is 49.8 Å². The van der Waals surface area contributed by atoms with E-state index in [4.69, 9.17) is 14.2 Å². The van der Waals surface area contributed by atoms with Crippen molar-refractivity contribution in [2.24, 2.45) is 23.7 Å². The van der Waals surface area contributed by atoms with Crippen LogP contribution >= 0.6 is 0 Å². The topological polar surface area (TPSA) is 113 Å². The molecule has 168 valence electrons. The number of carbonyl (C=O) groups excluding carboxylic acids is 5. The van der Waals surface area contributed by atoms with E-state index in [1.54, 1.807) is 58.0 Å². The number of rotatable bonds is 9. The van der Waals surface area contributed by atoms with E-state index in [1.165, 1.54) is 0 Å². The summed E-state index contributed by atoms with van der Waals surface area (Å²) in [6.07, 6.45) is 0.528. The Labute approximate surface area is 181 Å². The van der Waals surface area contributed by atoms with Crippen molar-refractivity contribution in [2.45, 2.75) is 33.1 Å². The molecule has 0 aromatic heterocycles. The number of esters is 3. The smallest absolute Gasteiger partial charge is 0.321 e. The van der Waals surface area contributed by atoms with Gasteiger partial charge in [-0.3, -0.25) is 19.2 Å². The Bertz CT molecular complexity index is 815. The van der Waals surface area contributed by atoms with E-state index in [2.05, 4.69) is 0 Å². The minimum absolute atomic E-state index is 0.0291. The Balaban J connectivity index is 2.70. The van der Waals surface area contributed by atoms with Crippen molar-refractivity contribution in [3.05, 3.63) is 35.9 Å². The number of Topliss-reactive ketones (excluding diaryl/α,β-unsaturated/α-hetero) is 1. The minimum Gasteiger partial charge on any atom is -0.465 e. The average Bonchev–Trinajstić information content (AvgIpc) is 2.96. The Morgan fingerprint density at radius 3 is 1.94 bits per heavy atom. The Morgan fingerprint density at radius 1 is 0.968 bits per heavy atom. The molecule has 1 fully saturated rings. The van der Waals surface area contributed by atoms with Crippen molar-refractivity contribution in [3.63, 3.8) is 0 Å². The van der Waals surface area contributed by atoms with E-state index in [0.717, 1.165) is 0 Å². The fourth-order valence-electron chi connectivity index (χ4n) is 4.42. The maximum absolute atomic E-state index is 13.6. The van der Waals surface area contributed by atoms with Gasteiger partial charge in [-0.1, -0.05) is 37.3 Å². The van der Waals surface area contributed by atoms with Crippen molar-refractivity contribution in [2.75, 3.05) is 19.8 Å². The molecule has 0 heterocycles. The Kier molecular flexibility index (Phi) is 8.08. The highest BCUT2D eigenvalue weighted by molar-refractivity contribution is 6.10. The van der Waals surface area contributed by atoms with E-state index in [1.807, 2.05) is 0 Å². The molecule has 0 spiro atoms. The van der Waals surface area contributed by atoms with E-state index in [-0.39, 0.29) is 19.8 Å². The first kappa shape index (κ1) is 24.2. The van der Waals surface area contributed by atoms with Gasteiger partial charge in [-0.05, 0) is 26.3 Å². The zero-order chi connectivity index (χ0) is 23.2. The average molecular weight is 432 g/mol. The van der Waals surface area contributed by atoms with Crippen LogP contribution in [0.2, 0.25) is 0 Å². The zero-order valence-electron chi connectivity index (χ0n) is 18.2. The van der Waals surface area contributed by atoms with Crippen LogP contribution < -0.4 is 0 Å². The fourth-order valence-corrected chi connectivity index (χ4v) is 4.42. The van der Waals surface area contributed by atoms with Crippen molar-refractivity contribution in [1.29, 1.82) is 0 Å². The normalized spacial score (nSPS) is 25.2. The number of carbonyl (C=O) groups is 5. The molecule has 0 aliphatic heterocycles. The van der Waals surface area contributed by atoms with Gasteiger partial charge in [0.1, 0.15) is 12.2 Å².